The van der Waals surface area contributed by atoms with E-state index in [0.29, 0.717) is 38.9 Å². The second kappa shape index (κ2) is 5.96. The van der Waals surface area contributed by atoms with Crippen molar-refractivity contribution in [3.05, 3.63) is 10.1 Å². The first-order valence-corrected chi connectivity index (χ1v) is 6.93. The molecule has 1 saturated carbocycles. The van der Waals surface area contributed by atoms with Crippen LogP contribution in [0.15, 0.2) is 0 Å². The van der Waals surface area contributed by atoms with Crippen molar-refractivity contribution in [2.75, 3.05) is 13.2 Å². The van der Waals surface area contributed by atoms with Crippen LogP contribution in [0.4, 0.5) is 0 Å². The molecule has 6 heteroatoms. The smallest absolute Gasteiger partial charge is 0.216 e. The minimum absolute atomic E-state index is 0.124. The molecule has 1 aliphatic carbocycles. The van der Waals surface area contributed by atoms with Crippen molar-refractivity contribution in [2.24, 2.45) is 5.92 Å². The Morgan fingerprint density at radius 2 is 2.16 bits per heavy atom. The van der Waals surface area contributed by atoms with Gasteiger partial charge in [0, 0.05) is 36.5 Å². The van der Waals surface area contributed by atoms with E-state index in [1.54, 1.807) is 0 Å². The number of rotatable bonds is 5. The molecule has 1 heterocycles. The monoisotopic (exact) mass is 271 g/mol. The average Bonchev–Trinajstić information content (AvgIpc) is 2.76. The van der Waals surface area contributed by atoms with Crippen molar-refractivity contribution in [3.63, 3.8) is 0 Å². The molecule has 2 atom stereocenters. The highest BCUT2D eigenvalue weighted by molar-refractivity contribution is 5.79. The lowest BCUT2D eigenvalue weighted by atomic mass is 9.81. The topological polar surface area (TPSA) is 78.7 Å². The zero-order valence-corrected chi connectivity index (χ0v) is 11.3. The van der Waals surface area contributed by atoms with Gasteiger partial charge in [-0.05, 0) is 19.8 Å². The molecule has 0 N–H and O–H groups in total. The summed E-state index contributed by atoms with van der Waals surface area (Å²) in [5.74, 6) is -0.656. The van der Waals surface area contributed by atoms with E-state index in [2.05, 4.69) is 0 Å². The van der Waals surface area contributed by atoms with E-state index in [1.807, 2.05) is 6.92 Å². The number of nitro groups is 1. The fourth-order valence-electron chi connectivity index (χ4n) is 3.01. The van der Waals surface area contributed by atoms with E-state index >= 15 is 0 Å². The number of carbonyl (C=O) groups is 1. The molecule has 2 aliphatic rings. The van der Waals surface area contributed by atoms with E-state index in [4.69, 9.17) is 9.47 Å². The standard InChI is InChI=1S/C13H21NO5/c1-13(18-7-8-19-13)6-5-12(14(16)17)10-3-2-4-11(15)9-10/h10,12H,2-9H2,1H3/t10-,12-/m0/s1. The first kappa shape index (κ1) is 14.4. The van der Waals surface area contributed by atoms with Crippen molar-refractivity contribution in [1.82, 2.24) is 0 Å². The maximum absolute atomic E-state index is 11.5. The predicted molar refractivity (Wildman–Crippen MR) is 67.3 cm³/mol. The first-order valence-electron chi connectivity index (χ1n) is 6.93. The molecule has 108 valence electrons. The van der Waals surface area contributed by atoms with Gasteiger partial charge in [-0.1, -0.05) is 0 Å². The van der Waals surface area contributed by atoms with E-state index in [9.17, 15) is 14.9 Å². The number of hydrogen-bond acceptors (Lipinski definition) is 5. The molecule has 19 heavy (non-hydrogen) atoms. The van der Waals surface area contributed by atoms with E-state index in [1.165, 1.54) is 0 Å². The lowest BCUT2D eigenvalue weighted by Gasteiger charge is -2.27. The Morgan fingerprint density at radius 3 is 2.74 bits per heavy atom. The molecule has 1 saturated heterocycles. The highest BCUT2D eigenvalue weighted by atomic mass is 16.7. The molecule has 2 rings (SSSR count). The Morgan fingerprint density at radius 1 is 1.47 bits per heavy atom. The molecule has 0 aromatic heterocycles. The third-order valence-corrected chi connectivity index (χ3v) is 4.13. The zero-order valence-electron chi connectivity index (χ0n) is 11.3. The summed E-state index contributed by atoms with van der Waals surface area (Å²) in [4.78, 5) is 22.4. The van der Waals surface area contributed by atoms with Crippen LogP contribution in [0, 0.1) is 16.0 Å². The Hall–Kier alpha value is -1.01. The number of carbonyl (C=O) groups excluding carboxylic acids is 1. The van der Waals surface area contributed by atoms with Crippen LogP contribution in [0.2, 0.25) is 0 Å². The van der Waals surface area contributed by atoms with Gasteiger partial charge in [0.2, 0.25) is 6.04 Å². The quantitative estimate of drug-likeness (QED) is 0.564. The number of ketones is 1. The summed E-state index contributed by atoms with van der Waals surface area (Å²) >= 11 is 0. The Balaban J connectivity index is 1.92. The van der Waals surface area contributed by atoms with Gasteiger partial charge < -0.3 is 9.47 Å². The summed E-state index contributed by atoms with van der Waals surface area (Å²) in [6.45, 7) is 2.91. The summed E-state index contributed by atoms with van der Waals surface area (Å²) < 4.78 is 10.9. The summed E-state index contributed by atoms with van der Waals surface area (Å²) in [7, 11) is 0. The molecule has 0 aromatic rings. The van der Waals surface area contributed by atoms with Gasteiger partial charge in [-0.2, -0.15) is 0 Å². The van der Waals surface area contributed by atoms with Gasteiger partial charge in [-0.25, -0.2) is 0 Å². The lowest BCUT2D eigenvalue weighted by molar-refractivity contribution is -0.534. The van der Waals surface area contributed by atoms with E-state index in [0.717, 1.165) is 12.8 Å². The molecule has 0 aromatic carbocycles. The molecule has 0 radical (unpaired) electrons. The normalized spacial score (nSPS) is 28.3. The number of nitrogens with zero attached hydrogens (tertiary/aromatic N) is 1. The minimum Gasteiger partial charge on any atom is -0.348 e. The summed E-state index contributed by atoms with van der Waals surface area (Å²) in [5.41, 5.74) is 0. The van der Waals surface area contributed by atoms with Crippen LogP contribution < -0.4 is 0 Å². The van der Waals surface area contributed by atoms with Gasteiger partial charge in [0.15, 0.2) is 5.79 Å². The van der Waals surface area contributed by atoms with Gasteiger partial charge >= 0.3 is 0 Å². The molecular formula is C13H21NO5. The minimum atomic E-state index is -0.688. The average molecular weight is 271 g/mol. The van der Waals surface area contributed by atoms with Gasteiger partial charge in [0.05, 0.1) is 13.2 Å². The Kier molecular flexibility index (Phi) is 4.52. The second-order valence-electron chi connectivity index (χ2n) is 5.62. The number of hydrogen-bond donors (Lipinski definition) is 0. The summed E-state index contributed by atoms with van der Waals surface area (Å²) in [6, 6.07) is -0.658. The molecule has 1 aliphatic heterocycles. The van der Waals surface area contributed by atoms with E-state index < -0.39 is 11.8 Å². The maximum atomic E-state index is 11.5. The van der Waals surface area contributed by atoms with Gasteiger partial charge in [-0.3, -0.25) is 14.9 Å². The van der Waals surface area contributed by atoms with Crippen LogP contribution in [0.1, 0.15) is 45.4 Å². The second-order valence-corrected chi connectivity index (χ2v) is 5.62. The number of ether oxygens (including phenoxy) is 2. The van der Waals surface area contributed by atoms with Crippen molar-refractivity contribution in [3.8, 4) is 0 Å². The highest BCUT2D eigenvalue weighted by Crippen LogP contribution is 2.31. The Labute approximate surface area is 112 Å². The van der Waals surface area contributed by atoms with Crippen LogP contribution in [0.5, 0.6) is 0 Å². The Bertz CT molecular complexity index is 351. The fourth-order valence-corrected chi connectivity index (χ4v) is 3.01. The molecule has 0 bridgehead atoms. The molecule has 0 amide bonds. The van der Waals surface area contributed by atoms with Gasteiger partial charge in [0.1, 0.15) is 5.78 Å². The SMILES string of the molecule is CC1(CC[C@@H]([C@H]2CCCC(=O)C2)[N+](=O)[O-])OCCO1. The zero-order chi connectivity index (χ0) is 13.9. The molecule has 0 spiro atoms. The van der Waals surface area contributed by atoms with Crippen LogP contribution in [-0.2, 0) is 14.3 Å². The van der Waals surface area contributed by atoms with Gasteiger partial charge in [-0.15, -0.1) is 0 Å². The third-order valence-electron chi connectivity index (χ3n) is 4.13. The highest BCUT2D eigenvalue weighted by Gasteiger charge is 2.39. The molecule has 6 nitrogen and oxygen atoms in total. The molecule has 0 unspecified atom stereocenters. The van der Waals surface area contributed by atoms with Crippen LogP contribution in [-0.4, -0.2) is 35.7 Å². The van der Waals surface area contributed by atoms with Crippen LogP contribution in [0.3, 0.4) is 0 Å². The molecule has 2 fully saturated rings. The predicted octanol–water partition coefficient (Wildman–Crippen LogP) is 1.93. The maximum Gasteiger partial charge on any atom is 0.216 e. The van der Waals surface area contributed by atoms with Gasteiger partial charge in [0.25, 0.3) is 0 Å². The van der Waals surface area contributed by atoms with Crippen LogP contribution >= 0.6 is 0 Å². The van der Waals surface area contributed by atoms with Crippen LogP contribution in [0.25, 0.3) is 0 Å². The lowest BCUT2D eigenvalue weighted by Crippen LogP contribution is -2.36. The number of Topliss-reactive ketones (excluding diaryl/α,β-unsaturated/α-hetero) is 1. The fraction of sp³-hybridized carbons (Fsp3) is 0.923. The molecular weight excluding hydrogens is 250 g/mol. The van der Waals surface area contributed by atoms with Crippen molar-refractivity contribution < 1.29 is 19.2 Å². The third kappa shape index (κ3) is 3.73. The summed E-state index contributed by atoms with van der Waals surface area (Å²) in [5, 5.41) is 11.2. The summed E-state index contributed by atoms with van der Waals surface area (Å²) in [6.07, 6.45) is 3.38. The van der Waals surface area contributed by atoms with Crippen molar-refractivity contribution in [1.29, 1.82) is 0 Å². The van der Waals surface area contributed by atoms with Crippen molar-refractivity contribution in [2.45, 2.75) is 57.3 Å². The largest absolute Gasteiger partial charge is 0.348 e. The van der Waals surface area contributed by atoms with Crippen molar-refractivity contribution >= 4 is 5.78 Å². The first-order chi connectivity index (χ1) is 9.00. The van der Waals surface area contributed by atoms with E-state index in [-0.39, 0.29) is 16.6 Å².